The Balaban J connectivity index is 1.11. The fraction of sp³-hybridized carbons (Fsp3) is 0.588. The van der Waals surface area contributed by atoms with Crippen molar-refractivity contribution in [3.8, 4) is 0 Å². The second-order valence-electron chi connectivity index (χ2n) is 6.68. The Morgan fingerprint density at radius 3 is 2.79 bits per heavy atom. The van der Waals surface area contributed by atoms with Crippen LogP contribution in [0.2, 0.25) is 6.57 Å². The van der Waals surface area contributed by atoms with Crippen LogP contribution < -0.4 is 0 Å². The average molecular weight is 419 g/mol. The molecule has 24 heavy (non-hydrogen) atoms. The number of rotatable bonds is 2. The van der Waals surface area contributed by atoms with Gasteiger partial charge >= 0.3 is 148 Å². The summed E-state index contributed by atoms with van der Waals surface area (Å²) in [4.78, 5) is 14.1. The second kappa shape index (κ2) is 4.58. The molecule has 6 aliphatic rings. The van der Waals surface area contributed by atoms with Gasteiger partial charge in [0.05, 0.1) is 0 Å². The third-order valence-electron chi connectivity index (χ3n) is 5.21. The Morgan fingerprint density at radius 1 is 1.21 bits per heavy atom. The Labute approximate surface area is 147 Å². The maximum atomic E-state index is 12.3. The average Bonchev–Trinajstić information content (AvgIpc) is 3.46. The number of nitrogens with zero attached hydrogens (tertiary/aromatic N) is 1. The zero-order valence-corrected chi connectivity index (χ0v) is 15.2. The van der Waals surface area contributed by atoms with Crippen LogP contribution in [0.25, 0.3) is 0 Å². The summed E-state index contributed by atoms with van der Waals surface area (Å²) in [6.07, 6.45) is 0.754. The third-order valence-corrected chi connectivity index (χ3v) is 17.5. The molecule has 6 heterocycles. The summed E-state index contributed by atoms with van der Waals surface area (Å²) in [5, 5.41) is 0. The molecule has 0 aliphatic carbocycles. The maximum absolute atomic E-state index is 12.3. The van der Waals surface area contributed by atoms with Crippen LogP contribution in [0.15, 0.2) is 30.3 Å². The van der Waals surface area contributed by atoms with Gasteiger partial charge in [0.1, 0.15) is 0 Å². The van der Waals surface area contributed by atoms with Gasteiger partial charge in [-0.25, -0.2) is 0 Å². The van der Waals surface area contributed by atoms with Gasteiger partial charge in [0.15, 0.2) is 0 Å². The van der Waals surface area contributed by atoms with Gasteiger partial charge in [-0.05, 0) is 0 Å². The molecule has 1 aromatic rings. The first kappa shape index (κ1) is 14.6. The van der Waals surface area contributed by atoms with E-state index in [1.165, 1.54) is 0 Å². The quantitative estimate of drug-likeness (QED) is 0.738. The van der Waals surface area contributed by atoms with E-state index in [0.717, 1.165) is 44.9 Å². The number of carbonyl (C=O) groups excluding carboxylic acids is 1. The SMILES string of the molecule is O=C(OCc1ccccc1)N1CC2(C1)OCCCOC[C]13[Co]4[Co]1[C]423. The minimum atomic E-state index is -0.206. The zero-order chi connectivity index (χ0) is 16.0. The fourth-order valence-corrected chi connectivity index (χ4v) is 18.7. The van der Waals surface area contributed by atoms with Crippen LogP contribution in [-0.4, -0.2) is 49.5 Å². The molecule has 1 amide bonds. The predicted molar refractivity (Wildman–Crippen MR) is 77.7 cm³/mol. The number of likely N-dealkylation sites (tertiary alicyclic amines) is 1. The van der Waals surface area contributed by atoms with Gasteiger partial charge < -0.3 is 0 Å². The second-order valence-corrected chi connectivity index (χ2v) is 14.8. The van der Waals surface area contributed by atoms with Crippen molar-refractivity contribution in [1.82, 2.24) is 4.90 Å². The van der Waals surface area contributed by atoms with Gasteiger partial charge in [-0.2, -0.15) is 0 Å². The van der Waals surface area contributed by atoms with E-state index in [4.69, 9.17) is 14.2 Å². The van der Waals surface area contributed by atoms with E-state index in [-0.39, 0.29) is 35.5 Å². The normalized spacial score (nSPS) is 39.6. The van der Waals surface area contributed by atoms with E-state index in [1.54, 1.807) is 0 Å². The number of benzene rings is 1. The topological polar surface area (TPSA) is 48.0 Å². The van der Waals surface area contributed by atoms with Crippen LogP contribution in [0.5, 0.6) is 0 Å². The van der Waals surface area contributed by atoms with Crippen molar-refractivity contribution in [3.05, 3.63) is 35.9 Å². The van der Waals surface area contributed by atoms with Gasteiger partial charge in [-0.15, -0.1) is 0 Å². The molecule has 6 fully saturated rings. The van der Waals surface area contributed by atoms with Crippen molar-refractivity contribution in [1.29, 1.82) is 0 Å². The number of amides is 1. The molecule has 7 heteroatoms. The van der Waals surface area contributed by atoms with E-state index < -0.39 is 0 Å². The molecule has 6 saturated heterocycles. The molecule has 5 nitrogen and oxygen atoms in total. The molecule has 0 bridgehead atoms. The molecule has 0 N–H and O–H groups in total. The summed E-state index contributed by atoms with van der Waals surface area (Å²) >= 11 is 0.519. The van der Waals surface area contributed by atoms with Crippen molar-refractivity contribution in [2.24, 2.45) is 0 Å². The first-order valence-electron chi connectivity index (χ1n) is 8.23. The van der Waals surface area contributed by atoms with Crippen LogP contribution in [0, 0.1) is 0 Å². The summed E-state index contributed by atoms with van der Waals surface area (Å²) in [6.45, 7) is 4.33. The molecule has 6 aliphatic heterocycles. The molecule has 3 spiro atoms. The zero-order valence-electron chi connectivity index (χ0n) is 13.1. The summed E-state index contributed by atoms with van der Waals surface area (Å²) < 4.78 is 18.7. The van der Waals surface area contributed by atoms with Crippen molar-refractivity contribution in [3.63, 3.8) is 0 Å². The Hall–Kier alpha value is -0.577. The van der Waals surface area contributed by atoms with Crippen molar-refractivity contribution in [2.45, 2.75) is 25.2 Å². The standard InChI is InChI=1S/C17H19NO4.2Co/c19-16(21-12-15-6-2-1-3-7-15)18-13-17(14-18)8-4-9-20-10-5-11-22-17;;/h1-3,6-7H,5,9-14H2;;. The van der Waals surface area contributed by atoms with E-state index in [1.807, 2.05) is 35.2 Å². The van der Waals surface area contributed by atoms with Crippen LogP contribution in [0.3, 0.4) is 0 Å². The van der Waals surface area contributed by atoms with E-state index >= 15 is 0 Å². The van der Waals surface area contributed by atoms with Gasteiger partial charge in [-0.1, -0.05) is 0 Å². The van der Waals surface area contributed by atoms with Crippen LogP contribution in [0.1, 0.15) is 12.0 Å². The number of carbonyl (C=O) groups is 1. The predicted octanol–water partition coefficient (Wildman–Crippen LogP) is 2.24. The van der Waals surface area contributed by atoms with Crippen LogP contribution >= 0.6 is 0 Å². The molecule has 134 valence electrons. The van der Waals surface area contributed by atoms with E-state index in [0.29, 0.717) is 13.2 Å². The van der Waals surface area contributed by atoms with E-state index in [2.05, 4.69) is 0 Å². The van der Waals surface area contributed by atoms with Crippen LogP contribution in [-0.2, 0) is 44.6 Å². The summed E-state index contributed by atoms with van der Waals surface area (Å²) in [5.74, 6) is 0. The van der Waals surface area contributed by atoms with Gasteiger partial charge in [0, 0.05) is 0 Å². The molecule has 0 aromatic heterocycles. The van der Waals surface area contributed by atoms with Crippen molar-refractivity contribution < 1.29 is 42.8 Å². The molecule has 0 radical (unpaired) electrons. The Bertz CT molecular complexity index is 711. The number of hydrogen-bond acceptors (Lipinski definition) is 4. The summed E-state index contributed by atoms with van der Waals surface area (Å²) in [5.41, 5.74) is 0.969. The minimum absolute atomic E-state index is 0.0538. The van der Waals surface area contributed by atoms with Gasteiger partial charge in [0.25, 0.3) is 0 Å². The van der Waals surface area contributed by atoms with Gasteiger partial charge in [-0.3, -0.25) is 0 Å². The fourth-order valence-electron chi connectivity index (χ4n) is 3.84. The molecule has 7 rings (SSSR count). The Kier molecular flexibility index (Phi) is 2.78. The number of hydrogen-bond donors (Lipinski definition) is 0. The molecule has 1 aromatic carbocycles. The number of ether oxygens (including phenoxy) is 3. The summed E-state index contributed by atoms with van der Waals surface area (Å²) in [6, 6.07) is 9.83. The van der Waals surface area contributed by atoms with Crippen molar-refractivity contribution in [2.75, 3.05) is 32.9 Å². The van der Waals surface area contributed by atoms with Crippen molar-refractivity contribution >= 4 is 6.09 Å². The molecular weight excluding hydrogens is 400 g/mol. The monoisotopic (exact) mass is 419 g/mol. The molecule has 0 saturated carbocycles. The van der Waals surface area contributed by atoms with E-state index in [9.17, 15) is 4.79 Å². The molecule has 0 unspecified atom stereocenters. The summed E-state index contributed by atoms with van der Waals surface area (Å²) in [7, 11) is 0. The third kappa shape index (κ3) is 1.57. The van der Waals surface area contributed by atoms with Crippen LogP contribution in [0.4, 0.5) is 4.79 Å². The van der Waals surface area contributed by atoms with Gasteiger partial charge in [0.2, 0.25) is 0 Å². The first-order chi connectivity index (χ1) is 11.8. The molecular formula is C17H19Co2NO4. The molecule has 0 atom stereocenters. The first-order valence-corrected chi connectivity index (χ1v) is 12.1. The Morgan fingerprint density at radius 2 is 2.00 bits per heavy atom.